The van der Waals surface area contributed by atoms with Crippen molar-refractivity contribution in [1.29, 1.82) is 0 Å². The second-order valence-electron chi connectivity index (χ2n) is 10.0. The molecule has 0 unspecified atom stereocenters. The molecule has 0 saturated carbocycles. The Morgan fingerprint density at radius 3 is 2.40 bits per heavy atom. The molecule has 0 fully saturated rings. The highest BCUT2D eigenvalue weighted by Gasteiger charge is 2.22. The summed E-state index contributed by atoms with van der Waals surface area (Å²) in [7, 11) is 0. The average molecular weight is 606 g/mol. The third-order valence-corrected chi connectivity index (χ3v) is 7.49. The van der Waals surface area contributed by atoms with E-state index in [9.17, 15) is 14.7 Å². The van der Waals surface area contributed by atoms with Gasteiger partial charge >= 0.3 is 0 Å². The predicted octanol–water partition coefficient (Wildman–Crippen LogP) is 5.20. The normalized spacial score (nSPS) is 11.6. The van der Waals surface area contributed by atoms with Gasteiger partial charge in [0.25, 0.3) is 5.91 Å². The van der Waals surface area contributed by atoms with Gasteiger partial charge in [0, 0.05) is 41.8 Å². The summed E-state index contributed by atoms with van der Waals surface area (Å²) in [5.41, 5.74) is 16.8. The van der Waals surface area contributed by atoms with Crippen LogP contribution in [0.3, 0.4) is 0 Å². The largest absolute Gasteiger partial charge is 0.508 e. The molecule has 0 heterocycles. The molecule has 0 bridgehead atoms. The second kappa shape index (κ2) is 14.8. The molecule has 0 aliphatic carbocycles. The summed E-state index contributed by atoms with van der Waals surface area (Å²) in [6.07, 6.45) is 0.833. The first-order valence-electron chi connectivity index (χ1n) is 13.7. The molecular weight excluding hydrogens is 571 g/mol. The minimum absolute atomic E-state index is 0.151. The predicted molar refractivity (Wildman–Crippen MR) is 169 cm³/mol. The lowest BCUT2D eigenvalue weighted by Gasteiger charge is -2.27. The van der Waals surface area contributed by atoms with Crippen LogP contribution in [-0.2, 0) is 24.2 Å². The maximum Gasteiger partial charge on any atom is 0.251 e. The standard InChI is InChI=1S/C33H34Cl2N4O3/c34-26-11-10-24(30(35)20-26)14-17-39(33(42)31(37)19-22-8-12-27(40)13-9-22)21-23-4-3-5-25(18-23)28-6-1-2-7-29(28)32(41)38-16-15-36/h1-13,18,20,31,40H,14-17,19,21,36-37H2,(H,38,41)/t31-/m0/s1. The number of nitrogens with two attached hydrogens (primary N) is 2. The fraction of sp³-hybridized carbons (Fsp3) is 0.212. The Labute approximate surface area is 256 Å². The van der Waals surface area contributed by atoms with E-state index < -0.39 is 6.04 Å². The van der Waals surface area contributed by atoms with Gasteiger partial charge in [-0.2, -0.15) is 0 Å². The van der Waals surface area contributed by atoms with Gasteiger partial charge in [-0.05, 0) is 77.1 Å². The van der Waals surface area contributed by atoms with Crippen LogP contribution in [0.2, 0.25) is 10.0 Å². The van der Waals surface area contributed by atoms with Gasteiger partial charge in [0.15, 0.2) is 0 Å². The van der Waals surface area contributed by atoms with Crippen LogP contribution in [0.25, 0.3) is 11.1 Å². The van der Waals surface area contributed by atoms with Gasteiger partial charge < -0.3 is 26.8 Å². The zero-order valence-electron chi connectivity index (χ0n) is 23.1. The monoisotopic (exact) mass is 604 g/mol. The van der Waals surface area contributed by atoms with Crippen LogP contribution in [-0.4, -0.2) is 47.5 Å². The quantitative estimate of drug-likeness (QED) is 0.177. The van der Waals surface area contributed by atoms with Crippen molar-refractivity contribution in [2.75, 3.05) is 19.6 Å². The van der Waals surface area contributed by atoms with Crippen LogP contribution in [0.1, 0.15) is 27.0 Å². The Balaban J connectivity index is 1.59. The molecule has 1 atom stereocenters. The molecule has 0 spiro atoms. The van der Waals surface area contributed by atoms with Crippen molar-refractivity contribution >= 4 is 35.0 Å². The lowest BCUT2D eigenvalue weighted by Crippen LogP contribution is -2.45. The number of hydrogen-bond acceptors (Lipinski definition) is 5. The van der Waals surface area contributed by atoms with Crippen LogP contribution < -0.4 is 16.8 Å². The number of carbonyl (C=O) groups excluding carboxylic acids is 2. The highest BCUT2D eigenvalue weighted by molar-refractivity contribution is 6.35. The minimum atomic E-state index is -0.787. The number of phenols is 1. The number of rotatable bonds is 12. The topological polar surface area (TPSA) is 122 Å². The van der Waals surface area contributed by atoms with Crippen LogP contribution in [0.15, 0.2) is 91.0 Å². The van der Waals surface area contributed by atoms with E-state index in [1.807, 2.05) is 48.5 Å². The molecule has 42 heavy (non-hydrogen) atoms. The maximum absolute atomic E-state index is 13.7. The van der Waals surface area contributed by atoms with E-state index in [0.717, 1.165) is 27.8 Å². The van der Waals surface area contributed by atoms with Crippen molar-refractivity contribution in [3.63, 3.8) is 0 Å². The fourth-order valence-electron chi connectivity index (χ4n) is 4.73. The molecule has 4 aromatic rings. The zero-order valence-corrected chi connectivity index (χ0v) is 24.6. The Hall–Kier alpha value is -3.88. The fourth-order valence-corrected chi connectivity index (χ4v) is 5.23. The van der Waals surface area contributed by atoms with E-state index in [4.69, 9.17) is 34.7 Å². The summed E-state index contributed by atoms with van der Waals surface area (Å²) < 4.78 is 0. The first-order valence-corrected chi connectivity index (χ1v) is 14.4. The van der Waals surface area contributed by atoms with E-state index in [2.05, 4.69) is 5.32 Å². The number of amides is 2. The number of carbonyl (C=O) groups is 2. The van der Waals surface area contributed by atoms with E-state index in [1.54, 1.807) is 47.4 Å². The lowest BCUT2D eigenvalue weighted by atomic mass is 9.97. The summed E-state index contributed by atoms with van der Waals surface area (Å²) in [6.45, 7) is 1.42. The van der Waals surface area contributed by atoms with Gasteiger partial charge in [0.1, 0.15) is 5.75 Å². The van der Waals surface area contributed by atoms with Crippen LogP contribution in [0, 0.1) is 0 Å². The third kappa shape index (κ3) is 8.33. The van der Waals surface area contributed by atoms with E-state index in [0.29, 0.717) is 54.6 Å². The molecule has 0 aliphatic heterocycles. The molecule has 6 N–H and O–H groups in total. The Bertz CT molecular complexity index is 1530. The SMILES string of the molecule is NCCNC(=O)c1ccccc1-c1cccc(CN(CCc2ccc(Cl)cc2Cl)C(=O)[C@@H](N)Cc2ccc(O)cc2)c1. The smallest absolute Gasteiger partial charge is 0.251 e. The van der Waals surface area contributed by atoms with Gasteiger partial charge in [-0.15, -0.1) is 0 Å². The number of hydrogen-bond donors (Lipinski definition) is 4. The lowest BCUT2D eigenvalue weighted by molar-refractivity contribution is -0.133. The van der Waals surface area contributed by atoms with Gasteiger partial charge in [-0.3, -0.25) is 9.59 Å². The number of nitrogens with zero attached hydrogens (tertiary/aromatic N) is 1. The molecule has 2 amide bonds. The third-order valence-electron chi connectivity index (χ3n) is 6.90. The molecule has 0 saturated heterocycles. The van der Waals surface area contributed by atoms with Crippen molar-refractivity contribution in [2.45, 2.75) is 25.4 Å². The summed E-state index contributed by atoms with van der Waals surface area (Å²) in [5, 5.41) is 13.5. The summed E-state index contributed by atoms with van der Waals surface area (Å²) >= 11 is 12.5. The van der Waals surface area contributed by atoms with E-state index >= 15 is 0 Å². The molecule has 218 valence electrons. The number of nitrogens with one attached hydrogen (secondary N) is 1. The van der Waals surface area contributed by atoms with E-state index in [1.165, 1.54) is 0 Å². The molecule has 7 nitrogen and oxygen atoms in total. The number of halogens is 2. The summed E-state index contributed by atoms with van der Waals surface area (Å²) in [4.78, 5) is 28.2. The highest BCUT2D eigenvalue weighted by atomic mass is 35.5. The number of aromatic hydroxyl groups is 1. The first kappa shape index (κ1) is 31.1. The number of phenolic OH excluding ortho intramolecular Hbond substituents is 1. The van der Waals surface area contributed by atoms with Crippen molar-refractivity contribution in [3.8, 4) is 16.9 Å². The van der Waals surface area contributed by atoms with Gasteiger partial charge in [-0.25, -0.2) is 0 Å². The van der Waals surface area contributed by atoms with E-state index in [-0.39, 0.29) is 17.6 Å². The van der Waals surface area contributed by atoms with Crippen molar-refractivity contribution in [3.05, 3.63) is 123 Å². The Morgan fingerprint density at radius 1 is 0.905 bits per heavy atom. The molecule has 4 aromatic carbocycles. The molecule has 4 rings (SSSR count). The van der Waals surface area contributed by atoms with Crippen molar-refractivity contribution in [1.82, 2.24) is 10.2 Å². The number of benzene rings is 4. The Kier molecular flexibility index (Phi) is 11.0. The summed E-state index contributed by atoms with van der Waals surface area (Å²) in [6, 6.07) is 26.4. The molecular formula is C33H34Cl2N4O3. The van der Waals surface area contributed by atoms with Crippen LogP contribution in [0.5, 0.6) is 5.75 Å². The van der Waals surface area contributed by atoms with Gasteiger partial charge in [0.2, 0.25) is 5.91 Å². The summed E-state index contributed by atoms with van der Waals surface area (Å²) in [5.74, 6) is -0.253. The van der Waals surface area contributed by atoms with Crippen LogP contribution >= 0.6 is 23.2 Å². The molecule has 9 heteroatoms. The molecule has 0 radical (unpaired) electrons. The minimum Gasteiger partial charge on any atom is -0.508 e. The maximum atomic E-state index is 13.7. The first-order chi connectivity index (χ1) is 20.2. The van der Waals surface area contributed by atoms with Gasteiger partial charge in [-0.1, -0.05) is 77.8 Å². The van der Waals surface area contributed by atoms with Crippen molar-refractivity contribution in [2.24, 2.45) is 11.5 Å². The molecule has 0 aromatic heterocycles. The van der Waals surface area contributed by atoms with Crippen molar-refractivity contribution < 1.29 is 14.7 Å². The second-order valence-corrected chi connectivity index (χ2v) is 10.9. The van der Waals surface area contributed by atoms with Crippen LogP contribution in [0.4, 0.5) is 0 Å². The highest BCUT2D eigenvalue weighted by Crippen LogP contribution is 2.26. The average Bonchev–Trinajstić information content (AvgIpc) is 2.99. The zero-order chi connectivity index (χ0) is 30.1. The van der Waals surface area contributed by atoms with Gasteiger partial charge in [0.05, 0.1) is 6.04 Å². The molecule has 0 aliphatic rings. The Morgan fingerprint density at radius 2 is 1.67 bits per heavy atom.